The minimum atomic E-state index is 0.507. The molecule has 3 heteroatoms. The molecule has 1 unspecified atom stereocenters. The van der Waals surface area contributed by atoms with Crippen LogP contribution in [0.5, 0.6) is 11.5 Å². The van der Waals surface area contributed by atoms with Crippen molar-refractivity contribution in [2.45, 2.75) is 6.61 Å². The van der Waals surface area contributed by atoms with Gasteiger partial charge in [0.1, 0.15) is 18.1 Å². The summed E-state index contributed by atoms with van der Waals surface area (Å²) in [6.07, 6.45) is 0. The molecule has 1 atom stereocenters. The summed E-state index contributed by atoms with van der Waals surface area (Å²) >= 11 is 0. The summed E-state index contributed by atoms with van der Waals surface area (Å²) in [5.74, 6) is 1.71. The van der Waals surface area contributed by atoms with Gasteiger partial charge in [-0.1, -0.05) is 124 Å². The topological polar surface area (TPSA) is 18.5 Å². The average molecular weight is 525 g/mol. The fourth-order valence-electron chi connectivity index (χ4n) is 4.92. The Morgan fingerprint density at radius 3 is 2.00 bits per heavy atom. The van der Waals surface area contributed by atoms with Crippen LogP contribution in [0.15, 0.2) is 140 Å². The number of benzene rings is 6. The van der Waals surface area contributed by atoms with E-state index in [9.17, 15) is 0 Å². The zero-order chi connectivity index (χ0) is 26.4. The Balaban J connectivity index is 1.43. The summed E-state index contributed by atoms with van der Waals surface area (Å²) in [6.45, 7) is 0.507. The van der Waals surface area contributed by atoms with Crippen LogP contribution in [0.4, 0.5) is 0 Å². The second-order valence-corrected chi connectivity index (χ2v) is 10.8. The maximum atomic E-state index is 6.49. The molecular weight excluding hydrogens is 495 g/mol. The molecule has 0 N–H and O–H groups in total. The van der Waals surface area contributed by atoms with E-state index in [1.54, 1.807) is 7.11 Å². The second kappa shape index (κ2) is 11.6. The van der Waals surface area contributed by atoms with Gasteiger partial charge in [0.15, 0.2) is 0 Å². The molecule has 0 fully saturated rings. The van der Waals surface area contributed by atoms with Crippen LogP contribution in [0.3, 0.4) is 0 Å². The predicted molar refractivity (Wildman–Crippen MR) is 166 cm³/mol. The predicted octanol–water partition coefficient (Wildman–Crippen LogP) is 8.39. The largest absolute Gasteiger partial charge is 0.497 e. The zero-order valence-corrected chi connectivity index (χ0v) is 22.8. The van der Waals surface area contributed by atoms with Crippen LogP contribution >= 0.6 is 8.58 Å². The van der Waals surface area contributed by atoms with Gasteiger partial charge >= 0.3 is 0 Å². The van der Waals surface area contributed by atoms with Gasteiger partial charge in [-0.2, -0.15) is 0 Å². The van der Waals surface area contributed by atoms with E-state index in [0.717, 1.165) is 39.0 Å². The Labute approximate surface area is 231 Å². The van der Waals surface area contributed by atoms with Gasteiger partial charge in [-0.25, -0.2) is 0 Å². The summed E-state index contributed by atoms with van der Waals surface area (Å²) < 4.78 is 12.0. The van der Waals surface area contributed by atoms with Crippen LogP contribution in [0.2, 0.25) is 0 Å². The number of rotatable bonds is 8. The molecule has 190 valence electrons. The Morgan fingerprint density at radius 2 is 1.26 bits per heavy atom. The van der Waals surface area contributed by atoms with Crippen molar-refractivity contribution in [3.05, 3.63) is 145 Å². The minimum absolute atomic E-state index is 0.507. The standard InChI is InChI=1S/C36H29O2P/c1-37-29-19-22-33-28(24-29)18-23-35(38-25-26-10-4-2-5-11-26)36(33)34-15-9-8-14-32(34)27-16-20-31(21-17-27)39-30-12-6-3-7-13-30/h2-24,39H,25H2,1H3. The molecule has 0 bridgehead atoms. The van der Waals surface area contributed by atoms with E-state index >= 15 is 0 Å². The van der Waals surface area contributed by atoms with E-state index in [-0.39, 0.29) is 0 Å². The maximum absolute atomic E-state index is 6.49. The Kier molecular flexibility index (Phi) is 7.38. The molecule has 0 saturated carbocycles. The fourth-order valence-corrected chi connectivity index (χ4v) is 5.95. The fraction of sp³-hybridized carbons (Fsp3) is 0.0556. The molecular formula is C36H29O2P. The lowest BCUT2D eigenvalue weighted by Gasteiger charge is -2.18. The monoisotopic (exact) mass is 524 g/mol. The molecule has 6 aromatic rings. The highest BCUT2D eigenvalue weighted by Crippen LogP contribution is 2.43. The van der Waals surface area contributed by atoms with Gasteiger partial charge in [0.25, 0.3) is 0 Å². The number of hydrogen-bond donors (Lipinski definition) is 0. The van der Waals surface area contributed by atoms with Crippen molar-refractivity contribution in [3.63, 3.8) is 0 Å². The Bertz CT molecular complexity index is 1690. The summed E-state index contributed by atoms with van der Waals surface area (Å²) in [5, 5.41) is 4.92. The minimum Gasteiger partial charge on any atom is -0.497 e. The highest BCUT2D eigenvalue weighted by atomic mass is 31.1. The molecule has 0 aliphatic heterocycles. The number of hydrogen-bond acceptors (Lipinski definition) is 2. The molecule has 2 nitrogen and oxygen atoms in total. The third kappa shape index (κ3) is 5.58. The SMILES string of the molecule is COc1ccc2c(-c3ccccc3-c3ccc(Pc4ccccc4)cc3)c(OCc3ccccc3)ccc2c1. The van der Waals surface area contributed by atoms with Crippen molar-refractivity contribution in [3.8, 4) is 33.8 Å². The lowest BCUT2D eigenvalue weighted by Crippen LogP contribution is -2.02. The number of methoxy groups -OCH3 is 1. The van der Waals surface area contributed by atoms with E-state index < -0.39 is 0 Å². The van der Waals surface area contributed by atoms with Crippen LogP contribution in [-0.4, -0.2) is 7.11 Å². The first kappa shape index (κ1) is 24.9. The molecule has 0 aliphatic rings. The first-order valence-corrected chi connectivity index (χ1v) is 14.1. The van der Waals surface area contributed by atoms with Crippen LogP contribution < -0.4 is 20.1 Å². The summed E-state index contributed by atoms with van der Waals surface area (Å²) in [4.78, 5) is 0. The molecule has 0 spiro atoms. The number of fused-ring (bicyclic) bond motifs is 1. The molecule has 39 heavy (non-hydrogen) atoms. The molecule has 0 saturated heterocycles. The van der Waals surface area contributed by atoms with Gasteiger partial charge in [0.2, 0.25) is 0 Å². The third-order valence-electron chi connectivity index (χ3n) is 6.88. The van der Waals surface area contributed by atoms with Gasteiger partial charge < -0.3 is 9.47 Å². The van der Waals surface area contributed by atoms with Crippen LogP contribution in [-0.2, 0) is 6.61 Å². The molecule has 0 aliphatic carbocycles. The first-order valence-electron chi connectivity index (χ1n) is 13.1. The van der Waals surface area contributed by atoms with E-state index in [2.05, 4.69) is 115 Å². The summed E-state index contributed by atoms with van der Waals surface area (Å²) in [6, 6.07) is 49.0. The van der Waals surface area contributed by atoms with Crippen molar-refractivity contribution in [2.24, 2.45) is 0 Å². The quantitative estimate of drug-likeness (QED) is 0.186. The van der Waals surface area contributed by atoms with Gasteiger partial charge in [-0.3, -0.25) is 0 Å². The van der Waals surface area contributed by atoms with E-state index in [0.29, 0.717) is 15.2 Å². The zero-order valence-electron chi connectivity index (χ0n) is 21.8. The molecule has 6 aromatic carbocycles. The van der Waals surface area contributed by atoms with E-state index in [4.69, 9.17) is 9.47 Å². The molecule has 0 radical (unpaired) electrons. The molecule has 0 aromatic heterocycles. The van der Waals surface area contributed by atoms with Crippen LogP contribution in [0.1, 0.15) is 5.56 Å². The molecule has 6 rings (SSSR count). The second-order valence-electron chi connectivity index (χ2n) is 9.41. The van der Waals surface area contributed by atoms with Gasteiger partial charge in [0.05, 0.1) is 7.11 Å². The average Bonchev–Trinajstić information content (AvgIpc) is 3.01. The third-order valence-corrected chi connectivity index (χ3v) is 8.12. The Morgan fingerprint density at radius 1 is 0.590 bits per heavy atom. The van der Waals surface area contributed by atoms with Crippen molar-refractivity contribution in [1.82, 2.24) is 0 Å². The van der Waals surface area contributed by atoms with Crippen LogP contribution in [0.25, 0.3) is 33.0 Å². The maximum Gasteiger partial charge on any atom is 0.128 e. The van der Waals surface area contributed by atoms with Crippen molar-refractivity contribution >= 4 is 30.0 Å². The molecule has 0 heterocycles. The van der Waals surface area contributed by atoms with Crippen molar-refractivity contribution < 1.29 is 9.47 Å². The van der Waals surface area contributed by atoms with Gasteiger partial charge in [-0.05, 0) is 67.9 Å². The van der Waals surface area contributed by atoms with Crippen LogP contribution in [0, 0.1) is 0 Å². The van der Waals surface area contributed by atoms with E-state index in [1.165, 1.54) is 21.7 Å². The lowest BCUT2D eigenvalue weighted by atomic mass is 9.90. The lowest BCUT2D eigenvalue weighted by molar-refractivity contribution is 0.308. The Hall–Kier alpha value is -4.39. The van der Waals surface area contributed by atoms with Crippen molar-refractivity contribution in [2.75, 3.05) is 7.11 Å². The van der Waals surface area contributed by atoms with Gasteiger partial charge in [-0.15, -0.1) is 0 Å². The van der Waals surface area contributed by atoms with Gasteiger partial charge in [0, 0.05) is 5.56 Å². The van der Waals surface area contributed by atoms with E-state index in [1.807, 2.05) is 24.3 Å². The summed E-state index contributed by atoms with van der Waals surface area (Å²) in [5.41, 5.74) is 5.75. The normalized spacial score (nSPS) is 11.2. The van der Waals surface area contributed by atoms with Crippen molar-refractivity contribution in [1.29, 1.82) is 0 Å². The smallest absolute Gasteiger partial charge is 0.128 e. The summed E-state index contributed by atoms with van der Waals surface area (Å²) in [7, 11) is 2.34. The highest BCUT2D eigenvalue weighted by molar-refractivity contribution is 7.55. The number of ether oxygens (including phenoxy) is 2. The molecule has 0 amide bonds. The highest BCUT2D eigenvalue weighted by Gasteiger charge is 2.16. The first-order chi connectivity index (χ1) is 19.3.